The van der Waals surface area contributed by atoms with E-state index in [1.807, 2.05) is 0 Å². The van der Waals surface area contributed by atoms with Crippen molar-refractivity contribution < 1.29 is 22.3 Å². The van der Waals surface area contributed by atoms with Gasteiger partial charge in [0.2, 0.25) is 5.91 Å². The van der Waals surface area contributed by atoms with Gasteiger partial charge in [-0.15, -0.1) is 0 Å². The normalized spacial score (nSPS) is 18.3. The summed E-state index contributed by atoms with van der Waals surface area (Å²) in [5.41, 5.74) is 0.127. The molecule has 1 amide bonds. The van der Waals surface area contributed by atoms with Crippen molar-refractivity contribution in [2.75, 3.05) is 18.9 Å². The van der Waals surface area contributed by atoms with Crippen molar-refractivity contribution in [1.82, 2.24) is 5.32 Å². The lowest BCUT2D eigenvalue weighted by Gasteiger charge is -2.11. The van der Waals surface area contributed by atoms with E-state index in [0.717, 1.165) is 12.8 Å². The molecule has 7 heteroatoms. The second-order valence-electron chi connectivity index (χ2n) is 5.37. The van der Waals surface area contributed by atoms with Gasteiger partial charge in [-0.05, 0) is 18.9 Å². The minimum atomic E-state index is -3.52. The Hall–Kier alpha value is -1.47. The highest BCUT2D eigenvalue weighted by atomic mass is 32.2. The summed E-state index contributed by atoms with van der Waals surface area (Å²) in [5.74, 6) is -1.56. The summed E-state index contributed by atoms with van der Waals surface area (Å²) in [6.07, 6.45) is 1.80. The fourth-order valence-electron chi connectivity index (χ4n) is 2.29. The Morgan fingerprint density at radius 3 is 2.82 bits per heavy atom. The van der Waals surface area contributed by atoms with E-state index in [-0.39, 0.29) is 29.7 Å². The second kappa shape index (κ2) is 7.69. The Labute approximate surface area is 129 Å². The third-order valence-corrected chi connectivity index (χ3v) is 5.10. The van der Waals surface area contributed by atoms with Crippen LogP contribution in [0.25, 0.3) is 0 Å². The number of sulfone groups is 1. The van der Waals surface area contributed by atoms with Gasteiger partial charge in [0.25, 0.3) is 0 Å². The van der Waals surface area contributed by atoms with Crippen LogP contribution < -0.4 is 5.32 Å². The van der Waals surface area contributed by atoms with E-state index in [1.54, 1.807) is 6.07 Å². The van der Waals surface area contributed by atoms with Gasteiger partial charge < -0.3 is 10.1 Å². The molecule has 1 saturated heterocycles. The summed E-state index contributed by atoms with van der Waals surface area (Å²) in [5, 5.41) is 2.67. The van der Waals surface area contributed by atoms with Crippen LogP contribution in [0.2, 0.25) is 0 Å². The number of carbonyl (C=O) groups is 1. The first-order chi connectivity index (χ1) is 10.5. The van der Waals surface area contributed by atoms with E-state index in [9.17, 15) is 17.6 Å². The average molecular weight is 329 g/mol. The molecule has 1 atom stereocenters. The quantitative estimate of drug-likeness (QED) is 0.821. The van der Waals surface area contributed by atoms with Gasteiger partial charge in [0.05, 0.1) is 17.6 Å². The van der Waals surface area contributed by atoms with Gasteiger partial charge in [-0.1, -0.05) is 18.2 Å². The standard InChI is InChI=1S/C15H20FNO4S/c16-14-6-2-1-4-12(14)11-22(19,20)9-7-15(18)17-10-13-5-3-8-21-13/h1-2,4,6,13H,3,5,7-11H2,(H,17,18). The predicted molar refractivity (Wildman–Crippen MR) is 80.5 cm³/mol. The average Bonchev–Trinajstić information content (AvgIpc) is 2.99. The summed E-state index contributed by atoms with van der Waals surface area (Å²) in [6.45, 7) is 1.11. The lowest BCUT2D eigenvalue weighted by molar-refractivity contribution is -0.121. The molecule has 1 aliphatic heterocycles. The van der Waals surface area contributed by atoms with Crippen LogP contribution in [0.1, 0.15) is 24.8 Å². The lowest BCUT2D eigenvalue weighted by atomic mass is 10.2. The number of benzene rings is 1. The lowest BCUT2D eigenvalue weighted by Crippen LogP contribution is -2.32. The summed E-state index contributed by atoms with van der Waals surface area (Å²) < 4.78 is 42.7. The maximum atomic E-state index is 13.5. The number of carbonyl (C=O) groups excluding carboxylic acids is 1. The molecule has 1 fully saturated rings. The molecule has 0 saturated carbocycles. The minimum absolute atomic E-state index is 0.0268. The molecule has 1 N–H and O–H groups in total. The van der Waals surface area contributed by atoms with Gasteiger partial charge in [0.1, 0.15) is 5.82 Å². The molecule has 0 radical (unpaired) electrons. The summed E-state index contributed by atoms with van der Waals surface area (Å²) >= 11 is 0. The van der Waals surface area contributed by atoms with Crippen molar-refractivity contribution in [3.63, 3.8) is 0 Å². The molecule has 1 heterocycles. The smallest absolute Gasteiger partial charge is 0.221 e. The fourth-order valence-corrected chi connectivity index (χ4v) is 3.64. The van der Waals surface area contributed by atoms with Gasteiger partial charge in [-0.3, -0.25) is 4.79 Å². The monoisotopic (exact) mass is 329 g/mol. The first kappa shape index (κ1) is 16.9. The zero-order chi connectivity index (χ0) is 16.0. The Kier molecular flexibility index (Phi) is 5.90. The molecule has 0 aliphatic carbocycles. The van der Waals surface area contributed by atoms with E-state index in [2.05, 4.69) is 5.32 Å². The highest BCUT2D eigenvalue weighted by Crippen LogP contribution is 2.12. The maximum Gasteiger partial charge on any atom is 0.221 e. The fraction of sp³-hybridized carbons (Fsp3) is 0.533. The Morgan fingerprint density at radius 2 is 2.14 bits per heavy atom. The molecule has 1 aromatic carbocycles. The first-order valence-electron chi connectivity index (χ1n) is 7.28. The van der Waals surface area contributed by atoms with Crippen molar-refractivity contribution in [3.05, 3.63) is 35.6 Å². The van der Waals surface area contributed by atoms with Crippen molar-refractivity contribution >= 4 is 15.7 Å². The Bertz CT molecular complexity index is 612. The van der Waals surface area contributed by atoms with Crippen molar-refractivity contribution in [1.29, 1.82) is 0 Å². The molecule has 5 nitrogen and oxygen atoms in total. The Morgan fingerprint density at radius 1 is 1.36 bits per heavy atom. The molecule has 22 heavy (non-hydrogen) atoms. The highest BCUT2D eigenvalue weighted by Gasteiger charge is 2.19. The van der Waals surface area contributed by atoms with Gasteiger partial charge in [0, 0.05) is 25.1 Å². The van der Waals surface area contributed by atoms with Gasteiger partial charge in [-0.25, -0.2) is 12.8 Å². The third-order valence-electron chi connectivity index (χ3n) is 3.52. The van der Waals surface area contributed by atoms with Gasteiger partial charge in [-0.2, -0.15) is 0 Å². The van der Waals surface area contributed by atoms with Crippen LogP contribution in [0.4, 0.5) is 4.39 Å². The van der Waals surface area contributed by atoms with Crippen LogP contribution >= 0.6 is 0 Å². The molecule has 0 aromatic heterocycles. The predicted octanol–water partition coefficient (Wildman–Crippen LogP) is 1.43. The Balaban J connectivity index is 1.76. The zero-order valence-corrected chi connectivity index (χ0v) is 13.1. The van der Waals surface area contributed by atoms with E-state index >= 15 is 0 Å². The molecular formula is C15H20FNO4S. The number of hydrogen-bond acceptors (Lipinski definition) is 4. The SMILES string of the molecule is O=C(CCS(=O)(=O)Cc1ccccc1F)NCC1CCCO1. The second-order valence-corrected chi connectivity index (χ2v) is 7.56. The van der Waals surface area contributed by atoms with Crippen LogP contribution in [0.5, 0.6) is 0 Å². The van der Waals surface area contributed by atoms with Crippen molar-refractivity contribution in [3.8, 4) is 0 Å². The largest absolute Gasteiger partial charge is 0.376 e. The van der Waals surface area contributed by atoms with E-state index in [1.165, 1.54) is 18.2 Å². The number of hydrogen-bond donors (Lipinski definition) is 1. The molecular weight excluding hydrogens is 309 g/mol. The molecule has 1 aromatic rings. The van der Waals surface area contributed by atoms with Gasteiger partial charge >= 0.3 is 0 Å². The minimum Gasteiger partial charge on any atom is -0.376 e. The number of ether oxygens (including phenoxy) is 1. The molecule has 122 valence electrons. The molecule has 0 bridgehead atoms. The van der Waals surface area contributed by atoms with E-state index < -0.39 is 21.4 Å². The third kappa shape index (κ3) is 5.38. The topological polar surface area (TPSA) is 72.5 Å². The summed E-state index contributed by atoms with van der Waals surface area (Å²) in [4.78, 5) is 11.7. The van der Waals surface area contributed by atoms with Crippen LogP contribution in [0, 0.1) is 5.82 Å². The van der Waals surface area contributed by atoms with E-state index in [4.69, 9.17) is 4.74 Å². The molecule has 0 spiro atoms. The van der Waals surface area contributed by atoms with Crippen LogP contribution in [0.15, 0.2) is 24.3 Å². The number of amides is 1. The van der Waals surface area contributed by atoms with Crippen LogP contribution in [-0.4, -0.2) is 39.3 Å². The first-order valence-corrected chi connectivity index (χ1v) is 9.10. The van der Waals surface area contributed by atoms with Gasteiger partial charge in [0.15, 0.2) is 9.84 Å². The maximum absolute atomic E-state index is 13.5. The zero-order valence-electron chi connectivity index (χ0n) is 12.3. The van der Waals surface area contributed by atoms with Crippen molar-refractivity contribution in [2.45, 2.75) is 31.1 Å². The molecule has 1 unspecified atom stereocenters. The molecule has 2 rings (SSSR count). The number of rotatable bonds is 7. The number of halogens is 1. The molecule has 1 aliphatic rings. The number of nitrogens with one attached hydrogen (secondary N) is 1. The highest BCUT2D eigenvalue weighted by molar-refractivity contribution is 7.90. The van der Waals surface area contributed by atoms with Crippen molar-refractivity contribution in [2.24, 2.45) is 0 Å². The van der Waals surface area contributed by atoms with E-state index in [0.29, 0.717) is 13.2 Å². The summed E-state index contributed by atoms with van der Waals surface area (Å²) in [6, 6.07) is 5.75. The van der Waals surface area contributed by atoms with Crippen LogP contribution in [-0.2, 0) is 25.1 Å². The summed E-state index contributed by atoms with van der Waals surface area (Å²) in [7, 11) is -3.52. The van der Waals surface area contributed by atoms with Crippen LogP contribution in [0.3, 0.4) is 0 Å².